The van der Waals surface area contributed by atoms with Gasteiger partial charge in [0.2, 0.25) is 5.91 Å². The number of rotatable bonds is 5. The van der Waals surface area contributed by atoms with Gasteiger partial charge in [-0.2, -0.15) is 0 Å². The third-order valence-electron chi connectivity index (χ3n) is 4.32. The van der Waals surface area contributed by atoms with Crippen LogP contribution in [0.3, 0.4) is 0 Å². The van der Waals surface area contributed by atoms with Gasteiger partial charge in [0.1, 0.15) is 0 Å². The molecule has 7 nitrogen and oxygen atoms in total. The lowest BCUT2D eigenvalue weighted by Crippen LogP contribution is -2.21. The van der Waals surface area contributed by atoms with Crippen molar-refractivity contribution >= 4 is 28.6 Å². The standard InChI is InChI=1S/C20H21N3O4/c1-22(2)19(25)14-7-4-13(5-8-14)6-11-18(24)21-15-9-10-17-16(12-15)23(3)20(26)27-17/h4-5,7-10,12H,6,11H2,1-3H3,(H,21,24). The largest absolute Gasteiger partial charge is 0.419 e. The van der Waals surface area contributed by atoms with Crippen LogP contribution in [0.2, 0.25) is 0 Å². The molecule has 1 N–H and O–H groups in total. The van der Waals surface area contributed by atoms with Crippen molar-refractivity contribution in [3.05, 3.63) is 64.1 Å². The Labute approximate surface area is 156 Å². The Morgan fingerprint density at radius 2 is 1.81 bits per heavy atom. The van der Waals surface area contributed by atoms with Gasteiger partial charge in [-0.25, -0.2) is 4.79 Å². The zero-order valence-electron chi connectivity index (χ0n) is 15.5. The molecule has 2 aromatic carbocycles. The highest BCUT2D eigenvalue weighted by Crippen LogP contribution is 2.18. The molecule has 1 heterocycles. The number of oxazole rings is 1. The second kappa shape index (κ2) is 7.49. The van der Waals surface area contributed by atoms with Crippen molar-refractivity contribution in [1.82, 2.24) is 9.47 Å². The van der Waals surface area contributed by atoms with Crippen LogP contribution in [-0.4, -0.2) is 35.4 Å². The SMILES string of the molecule is CN(C)C(=O)c1ccc(CCC(=O)Nc2ccc3oc(=O)n(C)c3c2)cc1. The summed E-state index contributed by atoms with van der Waals surface area (Å²) in [6, 6.07) is 12.3. The minimum Gasteiger partial charge on any atom is -0.408 e. The molecule has 0 unspecified atom stereocenters. The third kappa shape index (κ3) is 4.08. The normalized spacial score (nSPS) is 10.8. The van der Waals surface area contributed by atoms with E-state index < -0.39 is 5.76 Å². The van der Waals surface area contributed by atoms with E-state index in [1.54, 1.807) is 51.5 Å². The number of hydrogen-bond acceptors (Lipinski definition) is 4. The molecule has 0 saturated carbocycles. The van der Waals surface area contributed by atoms with Crippen LogP contribution in [0.25, 0.3) is 11.1 Å². The number of aryl methyl sites for hydroxylation is 2. The van der Waals surface area contributed by atoms with Gasteiger partial charge in [-0.15, -0.1) is 0 Å². The molecule has 0 aliphatic heterocycles. The molecule has 7 heteroatoms. The van der Waals surface area contributed by atoms with Crippen LogP contribution in [0.5, 0.6) is 0 Å². The van der Waals surface area contributed by atoms with E-state index in [0.717, 1.165) is 5.56 Å². The van der Waals surface area contributed by atoms with Gasteiger partial charge < -0.3 is 14.6 Å². The van der Waals surface area contributed by atoms with Crippen molar-refractivity contribution < 1.29 is 14.0 Å². The van der Waals surface area contributed by atoms with Crippen LogP contribution in [0.1, 0.15) is 22.3 Å². The zero-order chi connectivity index (χ0) is 19.6. The van der Waals surface area contributed by atoms with E-state index >= 15 is 0 Å². The predicted octanol–water partition coefficient (Wildman–Crippen LogP) is 2.40. The molecule has 27 heavy (non-hydrogen) atoms. The highest BCUT2D eigenvalue weighted by Gasteiger charge is 2.10. The minimum absolute atomic E-state index is 0.0525. The second-order valence-corrected chi connectivity index (χ2v) is 6.55. The van der Waals surface area contributed by atoms with Gasteiger partial charge in [-0.05, 0) is 42.3 Å². The molecule has 0 radical (unpaired) electrons. The number of carbonyl (C=O) groups excluding carboxylic acids is 2. The Morgan fingerprint density at radius 3 is 2.48 bits per heavy atom. The molecule has 3 rings (SSSR count). The first-order chi connectivity index (χ1) is 12.8. The summed E-state index contributed by atoms with van der Waals surface area (Å²) in [6.45, 7) is 0. The average molecular weight is 367 g/mol. The van der Waals surface area contributed by atoms with E-state index in [1.807, 2.05) is 12.1 Å². The fourth-order valence-electron chi connectivity index (χ4n) is 2.76. The van der Waals surface area contributed by atoms with Crippen molar-refractivity contribution in [2.24, 2.45) is 7.05 Å². The van der Waals surface area contributed by atoms with Crippen LogP contribution < -0.4 is 11.1 Å². The number of benzene rings is 2. The predicted molar refractivity (Wildman–Crippen MR) is 103 cm³/mol. The zero-order valence-corrected chi connectivity index (χ0v) is 15.5. The third-order valence-corrected chi connectivity index (χ3v) is 4.32. The maximum Gasteiger partial charge on any atom is 0.419 e. The van der Waals surface area contributed by atoms with E-state index in [2.05, 4.69) is 5.32 Å². The summed E-state index contributed by atoms with van der Waals surface area (Å²) in [5, 5.41) is 2.83. The van der Waals surface area contributed by atoms with Gasteiger partial charge in [-0.3, -0.25) is 14.2 Å². The Morgan fingerprint density at radius 1 is 1.11 bits per heavy atom. The molecule has 0 spiro atoms. The van der Waals surface area contributed by atoms with Crippen molar-refractivity contribution in [3.63, 3.8) is 0 Å². The first kappa shape index (κ1) is 18.4. The summed E-state index contributed by atoms with van der Waals surface area (Å²) >= 11 is 0. The molecule has 0 aliphatic carbocycles. The number of fused-ring (bicyclic) bond motifs is 1. The average Bonchev–Trinajstić information content (AvgIpc) is 2.94. The van der Waals surface area contributed by atoms with Crippen LogP contribution in [-0.2, 0) is 18.3 Å². The smallest absolute Gasteiger partial charge is 0.408 e. The maximum absolute atomic E-state index is 12.2. The number of anilines is 1. The molecule has 0 aliphatic rings. The highest BCUT2D eigenvalue weighted by molar-refractivity contribution is 5.94. The van der Waals surface area contributed by atoms with Crippen LogP contribution in [0, 0.1) is 0 Å². The molecule has 3 aromatic rings. The van der Waals surface area contributed by atoms with E-state index in [9.17, 15) is 14.4 Å². The molecule has 0 atom stereocenters. The fourth-order valence-corrected chi connectivity index (χ4v) is 2.76. The quantitative estimate of drug-likeness (QED) is 0.750. The molecule has 1 aromatic heterocycles. The molecule has 0 fully saturated rings. The summed E-state index contributed by atoms with van der Waals surface area (Å²) in [5.41, 5.74) is 3.31. The summed E-state index contributed by atoms with van der Waals surface area (Å²) in [4.78, 5) is 37.1. The minimum atomic E-state index is -0.440. The topological polar surface area (TPSA) is 84.6 Å². The summed E-state index contributed by atoms with van der Waals surface area (Å²) in [5.74, 6) is -0.621. The van der Waals surface area contributed by atoms with Gasteiger partial charge >= 0.3 is 5.76 Å². The lowest BCUT2D eigenvalue weighted by Gasteiger charge is -2.10. The Bertz CT molecular complexity index is 1050. The van der Waals surface area contributed by atoms with Gasteiger partial charge in [0.15, 0.2) is 5.58 Å². The van der Waals surface area contributed by atoms with E-state index in [1.165, 1.54) is 9.47 Å². The molecular weight excluding hydrogens is 346 g/mol. The highest BCUT2D eigenvalue weighted by atomic mass is 16.4. The van der Waals surface area contributed by atoms with Crippen molar-refractivity contribution in [2.75, 3.05) is 19.4 Å². The summed E-state index contributed by atoms with van der Waals surface area (Å²) < 4.78 is 6.46. The first-order valence-electron chi connectivity index (χ1n) is 8.55. The number of aromatic nitrogens is 1. The number of nitrogens with one attached hydrogen (secondary N) is 1. The number of hydrogen-bond donors (Lipinski definition) is 1. The first-order valence-corrected chi connectivity index (χ1v) is 8.55. The van der Waals surface area contributed by atoms with Gasteiger partial charge in [0.25, 0.3) is 5.91 Å². The van der Waals surface area contributed by atoms with E-state index in [0.29, 0.717) is 35.2 Å². The van der Waals surface area contributed by atoms with Crippen LogP contribution in [0.15, 0.2) is 51.7 Å². The summed E-state index contributed by atoms with van der Waals surface area (Å²) in [7, 11) is 5.03. The summed E-state index contributed by atoms with van der Waals surface area (Å²) in [6.07, 6.45) is 0.873. The fraction of sp³-hybridized carbons (Fsp3) is 0.250. The van der Waals surface area contributed by atoms with Gasteiger partial charge in [0.05, 0.1) is 5.52 Å². The monoisotopic (exact) mass is 367 g/mol. The van der Waals surface area contributed by atoms with Crippen molar-refractivity contribution in [1.29, 1.82) is 0 Å². The lowest BCUT2D eigenvalue weighted by atomic mass is 10.1. The Kier molecular flexibility index (Phi) is 5.12. The number of carbonyl (C=O) groups is 2. The van der Waals surface area contributed by atoms with Crippen LogP contribution >= 0.6 is 0 Å². The number of amides is 2. The Balaban J connectivity index is 1.60. The molecule has 0 bridgehead atoms. The van der Waals surface area contributed by atoms with Crippen LogP contribution in [0.4, 0.5) is 5.69 Å². The maximum atomic E-state index is 12.2. The molecule has 140 valence electrons. The Hall–Kier alpha value is -3.35. The van der Waals surface area contributed by atoms with Gasteiger partial charge in [0, 0.05) is 38.8 Å². The van der Waals surface area contributed by atoms with E-state index in [4.69, 9.17) is 4.42 Å². The van der Waals surface area contributed by atoms with Crippen molar-refractivity contribution in [3.8, 4) is 0 Å². The van der Waals surface area contributed by atoms with Gasteiger partial charge in [-0.1, -0.05) is 12.1 Å². The lowest BCUT2D eigenvalue weighted by molar-refractivity contribution is -0.116. The second-order valence-electron chi connectivity index (χ2n) is 6.55. The molecule has 0 saturated heterocycles. The molecular formula is C20H21N3O4. The van der Waals surface area contributed by atoms with E-state index in [-0.39, 0.29) is 11.8 Å². The van der Waals surface area contributed by atoms with Crippen molar-refractivity contribution in [2.45, 2.75) is 12.8 Å². The molecule has 2 amide bonds. The number of nitrogens with zero attached hydrogens (tertiary/aromatic N) is 2.